The van der Waals surface area contributed by atoms with Crippen LogP contribution in [-0.4, -0.2) is 76.9 Å². The van der Waals surface area contributed by atoms with E-state index in [9.17, 15) is 19.2 Å². The highest BCUT2D eigenvalue weighted by Gasteiger charge is 2.23. The highest BCUT2D eigenvalue weighted by atomic mass is 35.5. The third-order valence-electron chi connectivity index (χ3n) is 13.6. The van der Waals surface area contributed by atoms with Crippen molar-refractivity contribution in [1.82, 2.24) is 38.9 Å². The van der Waals surface area contributed by atoms with Crippen LogP contribution in [0.3, 0.4) is 0 Å². The number of anilines is 4. The SMILES string of the molecule is C#CCCC(=O)N1CCCC1.[C-]#[N+]c1cnc(N)nc1N[C@@H](C)c1cc2cccc(C#CCCC(=O)N3CCCC3)c2c(=O)n1-c1ccccc1.[C-]#[N+]c1cnc(N)nc1N[C@@H](C)c1cc2cccc(Cl)c2c(=O)n1-c1ccccc1. The average Bonchev–Trinajstić information content (AvgIpc) is 4.24. The minimum Gasteiger partial charge on any atom is -0.371 e. The molecule has 10 rings (SSSR count). The number of nitrogens with one attached hydrogen (secondary N) is 2. The van der Waals surface area contributed by atoms with Gasteiger partial charge < -0.3 is 31.9 Å². The quantitative estimate of drug-likeness (QED) is 0.0663. The summed E-state index contributed by atoms with van der Waals surface area (Å²) in [4.78, 5) is 78.0. The molecule has 2 atom stereocenters. The molecular weight excluding hydrogens is 1040 g/mol. The number of terminal acetylenes is 1. The molecule has 2 aliphatic heterocycles. The van der Waals surface area contributed by atoms with Gasteiger partial charge in [0.05, 0.1) is 41.0 Å². The molecule has 2 fully saturated rings. The van der Waals surface area contributed by atoms with E-state index in [0.717, 1.165) is 62.6 Å². The molecule has 4 aromatic carbocycles. The molecule has 0 aliphatic carbocycles. The van der Waals surface area contributed by atoms with Crippen LogP contribution in [0.4, 0.5) is 34.9 Å². The van der Waals surface area contributed by atoms with Crippen molar-refractivity contribution in [3.8, 4) is 35.6 Å². The van der Waals surface area contributed by atoms with Gasteiger partial charge in [0.15, 0.2) is 0 Å². The minimum absolute atomic E-state index is 0.0476. The zero-order valence-corrected chi connectivity index (χ0v) is 45.7. The number of likely N-dealkylation sites (tertiary alicyclic amines) is 2. The Kier molecular flexibility index (Phi) is 19.1. The second kappa shape index (κ2) is 27.0. The second-order valence-corrected chi connectivity index (χ2v) is 19.5. The number of hydrogen-bond donors (Lipinski definition) is 4. The van der Waals surface area contributed by atoms with E-state index in [4.69, 9.17) is 42.6 Å². The molecule has 18 nitrogen and oxygen atoms in total. The van der Waals surface area contributed by atoms with Crippen molar-refractivity contribution in [2.24, 2.45) is 0 Å². The lowest BCUT2D eigenvalue weighted by molar-refractivity contribution is -0.130. The maximum atomic E-state index is 14.1. The van der Waals surface area contributed by atoms with Crippen LogP contribution in [-0.2, 0) is 9.59 Å². The molecule has 0 spiro atoms. The standard InChI is InChI=1S/C31H29N7O2.C22H17ClN6O.C9H13NO/c1-21(35-29-25(33-2)20-34-31(32)36-29)26-19-23-13-10-12-22(11-6-7-16-27(39)37-17-8-9-18-37)28(23)30(40)38(26)24-14-4-3-5-15-24;1-13(27-20-17(25-2)12-26-22(24)28-20)18-11-14-7-6-10-16(23)19(14)21(30)29(18)15-8-4-3-5-9-15;1-2-3-6-9(11)10-7-4-5-8-10/h3-5,10,12-15,19-21H,7-9,16-18H2,1H3,(H3,32,34,35,36);3-13H,1H3,(H3,24,26,27,28);1H,3-8H2/t21-;13-;/m00./s1. The number of para-hydroxylation sites is 2. The summed E-state index contributed by atoms with van der Waals surface area (Å²) in [6.45, 7) is 22.1. The first-order valence-electron chi connectivity index (χ1n) is 26.4. The predicted octanol–water partition coefficient (Wildman–Crippen LogP) is 10.6. The van der Waals surface area contributed by atoms with E-state index in [1.54, 1.807) is 21.3 Å². The number of nitrogens with two attached hydrogens (primary N) is 2. The fourth-order valence-electron chi connectivity index (χ4n) is 9.62. The third-order valence-corrected chi connectivity index (χ3v) is 13.9. The molecule has 0 radical (unpaired) electrons. The van der Waals surface area contributed by atoms with Gasteiger partial charge >= 0.3 is 0 Å². The number of amides is 2. The number of halogens is 1. The van der Waals surface area contributed by atoms with E-state index >= 15 is 0 Å². The van der Waals surface area contributed by atoms with Crippen molar-refractivity contribution < 1.29 is 9.59 Å². The number of benzene rings is 4. The Bertz CT molecular complexity index is 3920. The third kappa shape index (κ3) is 13.8. The Balaban J connectivity index is 0.000000184. The van der Waals surface area contributed by atoms with Gasteiger partial charge in [0.2, 0.25) is 35.1 Å². The summed E-state index contributed by atoms with van der Waals surface area (Å²) < 4.78 is 3.28. The van der Waals surface area contributed by atoms with Crippen LogP contribution in [0.1, 0.15) is 94.2 Å². The molecule has 2 amide bonds. The number of fused-ring (bicyclic) bond motifs is 2. The summed E-state index contributed by atoms with van der Waals surface area (Å²) in [5.41, 5.74) is 14.9. The number of carbonyl (C=O) groups is 2. The first-order chi connectivity index (χ1) is 39.3. The van der Waals surface area contributed by atoms with Crippen molar-refractivity contribution in [2.45, 2.75) is 77.3 Å². The molecule has 0 unspecified atom stereocenters. The molecule has 81 heavy (non-hydrogen) atoms. The number of pyridine rings is 2. The fourth-order valence-corrected chi connectivity index (χ4v) is 9.88. The van der Waals surface area contributed by atoms with Crippen molar-refractivity contribution in [2.75, 3.05) is 48.3 Å². The van der Waals surface area contributed by atoms with Crippen molar-refractivity contribution >= 4 is 79.9 Å². The van der Waals surface area contributed by atoms with Gasteiger partial charge in [-0.15, -0.1) is 12.3 Å². The first kappa shape index (κ1) is 57.2. The summed E-state index contributed by atoms with van der Waals surface area (Å²) in [5.74, 6) is 9.80. The Hall–Kier alpha value is -10.0. The number of carbonyl (C=O) groups excluding carboxylic acids is 2. The first-order valence-corrected chi connectivity index (χ1v) is 26.8. The number of nitrogens with zero attached hydrogens (tertiary/aromatic N) is 10. The molecule has 0 saturated carbocycles. The minimum atomic E-state index is -0.418. The molecule has 0 bridgehead atoms. The number of nitrogen functional groups attached to an aromatic ring is 2. The lowest BCUT2D eigenvalue weighted by atomic mass is 10.0. The number of rotatable bonds is 12. The lowest BCUT2D eigenvalue weighted by Crippen LogP contribution is -2.27. The summed E-state index contributed by atoms with van der Waals surface area (Å²) in [7, 11) is 0. The summed E-state index contributed by atoms with van der Waals surface area (Å²) in [6, 6.07) is 32.7. The van der Waals surface area contributed by atoms with Gasteiger partial charge in [-0.1, -0.05) is 84.1 Å². The molecule has 6 N–H and O–H groups in total. The second-order valence-electron chi connectivity index (χ2n) is 19.1. The van der Waals surface area contributed by atoms with E-state index in [1.165, 1.54) is 12.4 Å². The molecule has 6 heterocycles. The maximum absolute atomic E-state index is 14.1. The van der Waals surface area contributed by atoms with Gasteiger partial charge in [-0.05, 0) is 98.8 Å². The van der Waals surface area contributed by atoms with E-state index in [-0.39, 0.29) is 52.2 Å². The van der Waals surface area contributed by atoms with E-state index in [0.29, 0.717) is 81.4 Å². The lowest BCUT2D eigenvalue weighted by Gasteiger charge is -2.22. The van der Waals surface area contributed by atoms with Crippen molar-refractivity contribution in [3.63, 3.8) is 0 Å². The highest BCUT2D eigenvalue weighted by Crippen LogP contribution is 2.32. The van der Waals surface area contributed by atoms with E-state index in [1.807, 2.05) is 121 Å². The molecule has 8 aromatic rings. The van der Waals surface area contributed by atoms with Gasteiger partial charge in [0, 0.05) is 92.6 Å². The summed E-state index contributed by atoms with van der Waals surface area (Å²) in [6.07, 6.45) is 14.1. The van der Waals surface area contributed by atoms with Crippen LogP contribution in [0.15, 0.2) is 131 Å². The van der Waals surface area contributed by atoms with Gasteiger partial charge in [-0.25, -0.2) is 29.6 Å². The normalized spacial score (nSPS) is 13.2. The number of hydrogen-bond acceptors (Lipinski definition) is 12. The van der Waals surface area contributed by atoms with Crippen LogP contribution < -0.4 is 33.2 Å². The number of aromatic nitrogens is 6. The molecule has 2 aliphatic rings. The van der Waals surface area contributed by atoms with Crippen LogP contribution in [0.25, 0.3) is 42.6 Å². The van der Waals surface area contributed by atoms with Crippen molar-refractivity contribution in [1.29, 1.82) is 0 Å². The van der Waals surface area contributed by atoms with E-state index < -0.39 is 6.04 Å². The van der Waals surface area contributed by atoms with Crippen LogP contribution in [0, 0.1) is 37.3 Å². The van der Waals surface area contributed by atoms with Gasteiger partial charge in [-0.2, -0.15) is 0 Å². The van der Waals surface area contributed by atoms with E-state index in [2.05, 4.69) is 58.0 Å². The topological polar surface area (TPSA) is 221 Å². The molecule has 19 heteroatoms. The largest absolute Gasteiger partial charge is 0.371 e. The Morgan fingerprint density at radius 3 is 1.57 bits per heavy atom. The maximum Gasteiger partial charge on any atom is 0.264 e. The average molecular weight is 1100 g/mol. The van der Waals surface area contributed by atoms with Gasteiger partial charge in [0.25, 0.3) is 11.1 Å². The summed E-state index contributed by atoms with van der Waals surface area (Å²) in [5, 5.41) is 9.27. The predicted molar refractivity (Wildman–Crippen MR) is 319 cm³/mol. The Morgan fingerprint density at radius 2 is 1.10 bits per heavy atom. The molecule has 2 saturated heterocycles. The highest BCUT2D eigenvalue weighted by molar-refractivity contribution is 6.35. The Morgan fingerprint density at radius 1 is 0.654 bits per heavy atom. The van der Waals surface area contributed by atoms with Crippen LogP contribution in [0.5, 0.6) is 0 Å². The zero-order chi connectivity index (χ0) is 57.4. The monoisotopic (exact) mass is 1100 g/mol. The fraction of sp³-hybridized carbons (Fsp3) is 0.258. The zero-order valence-electron chi connectivity index (χ0n) is 44.9. The van der Waals surface area contributed by atoms with Gasteiger partial charge in [0.1, 0.15) is 11.6 Å². The Labute approximate surface area is 474 Å². The van der Waals surface area contributed by atoms with Crippen molar-refractivity contribution in [3.05, 3.63) is 187 Å². The molecule has 4 aromatic heterocycles. The van der Waals surface area contributed by atoms with Crippen LogP contribution in [0.2, 0.25) is 5.02 Å². The summed E-state index contributed by atoms with van der Waals surface area (Å²) >= 11 is 6.35. The smallest absolute Gasteiger partial charge is 0.264 e. The van der Waals surface area contributed by atoms with Gasteiger partial charge in [-0.3, -0.25) is 28.3 Å². The molecule has 408 valence electrons. The van der Waals surface area contributed by atoms with Crippen LogP contribution >= 0.6 is 11.6 Å². The molecular formula is C62H59ClN14O4.